The van der Waals surface area contributed by atoms with Crippen molar-refractivity contribution in [3.8, 4) is 0 Å². The summed E-state index contributed by atoms with van der Waals surface area (Å²) in [5.41, 5.74) is 5.78. The fraction of sp³-hybridized carbons (Fsp3) is 0.368. The number of piperazine rings is 1. The number of primary amides is 1. The second-order valence-electron chi connectivity index (χ2n) is 7.20. The van der Waals surface area contributed by atoms with E-state index in [1.165, 1.54) is 19.2 Å². The Balaban J connectivity index is 1.98. The molecule has 0 bridgehead atoms. The Bertz CT molecular complexity index is 1090. The molecule has 11 heteroatoms. The summed E-state index contributed by atoms with van der Waals surface area (Å²) in [5, 5.41) is 2.93. The molecule has 1 aromatic carbocycles. The fourth-order valence-electron chi connectivity index (χ4n) is 3.35. The number of anilines is 3. The molecule has 0 radical (unpaired) electrons. The van der Waals surface area contributed by atoms with Crippen molar-refractivity contribution < 1.29 is 18.0 Å². The predicted molar refractivity (Wildman–Crippen MR) is 112 cm³/mol. The summed E-state index contributed by atoms with van der Waals surface area (Å²) in [6.07, 6.45) is 2.42. The molecule has 0 saturated carbocycles. The summed E-state index contributed by atoms with van der Waals surface area (Å²) >= 11 is 0. The molecule has 0 unspecified atom stereocenters. The van der Waals surface area contributed by atoms with Crippen LogP contribution in [0.25, 0.3) is 0 Å². The van der Waals surface area contributed by atoms with Crippen LogP contribution in [0.5, 0.6) is 0 Å². The fourth-order valence-corrected chi connectivity index (χ4v) is 4.19. The summed E-state index contributed by atoms with van der Waals surface area (Å²) in [4.78, 5) is 36.0. The SMILES string of the molecule is CC(=O)N1CCN(c2ncc(C(N)=O)c(Nc3ccccc3S(C)(=O)=O)n2)[C@H](C)C1. The van der Waals surface area contributed by atoms with Crippen LogP contribution in [0.4, 0.5) is 17.5 Å². The number of aromatic nitrogens is 2. The number of nitrogens with two attached hydrogens (primary N) is 1. The molecule has 2 heterocycles. The summed E-state index contributed by atoms with van der Waals surface area (Å²) in [7, 11) is -3.51. The Labute approximate surface area is 175 Å². The van der Waals surface area contributed by atoms with Crippen molar-refractivity contribution in [3.63, 3.8) is 0 Å². The van der Waals surface area contributed by atoms with E-state index in [0.29, 0.717) is 25.6 Å². The predicted octanol–water partition coefficient (Wildman–Crippen LogP) is 0.780. The molecule has 0 spiro atoms. The number of carbonyl (C=O) groups is 2. The first-order chi connectivity index (χ1) is 14.1. The lowest BCUT2D eigenvalue weighted by Gasteiger charge is -2.39. The second kappa shape index (κ2) is 8.27. The van der Waals surface area contributed by atoms with Gasteiger partial charge in [0.25, 0.3) is 5.91 Å². The van der Waals surface area contributed by atoms with Gasteiger partial charge in [0.15, 0.2) is 9.84 Å². The van der Waals surface area contributed by atoms with Gasteiger partial charge < -0.3 is 20.9 Å². The molecule has 2 amide bonds. The zero-order valence-electron chi connectivity index (χ0n) is 17.0. The van der Waals surface area contributed by atoms with Gasteiger partial charge in [-0.15, -0.1) is 0 Å². The molecule has 0 aliphatic carbocycles. The third kappa shape index (κ3) is 4.51. The molecular formula is C19H24N6O4S. The standard InChI is InChI=1S/C19H24N6O4S/c1-12-11-24(13(2)26)8-9-25(12)19-21-10-14(17(20)27)18(23-19)22-15-6-4-5-7-16(15)30(3,28)29/h4-7,10,12H,8-9,11H2,1-3H3,(H2,20,27)(H,21,22,23)/t12-/m1/s1. The largest absolute Gasteiger partial charge is 0.365 e. The van der Waals surface area contributed by atoms with Crippen LogP contribution in [0.3, 0.4) is 0 Å². The number of sulfone groups is 1. The highest BCUT2D eigenvalue weighted by atomic mass is 32.2. The average molecular weight is 433 g/mol. The van der Waals surface area contributed by atoms with Crippen molar-refractivity contribution in [2.24, 2.45) is 5.73 Å². The average Bonchev–Trinajstić information content (AvgIpc) is 2.67. The second-order valence-corrected chi connectivity index (χ2v) is 9.18. The Hall–Kier alpha value is -3.21. The lowest BCUT2D eigenvalue weighted by Crippen LogP contribution is -2.53. The van der Waals surface area contributed by atoms with E-state index in [0.717, 1.165) is 6.26 Å². The van der Waals surface area contributed by atoms with Gasteiger partial charge in [-0.05, 0) is 19.1 Å². The van der Waals surface area contributed by atoms with Gasteiger partial charge in [0.1, 0.15) is 11.4 Å². The number of nitrogens with one attached hydrogen (secondary N) is 1. The minimum absolute atomic E-state index is 0.00577. The smallest absolute Gasteiger partial charge is 0.254 e. The number of nitrogens with zero attached hydrogens (tertiary/aromatic N) is 4. The van der Waals surface area contributed by atoms with Crippen molar-refractivity contribution in [2.75, 3.05) is 36.1 Å². The van der Waals surface area contributed by atoms with Crippen molar-refractivity contribution in [2.45, 2.75) is 24.8 Å². The third-order valence-electron chi connectivity index (χ3n) is 4.91. The molecule has 1 aromatic heterocycles. The molecule has 2 aromatic rings. The number of carbonyl (C=O) groups excluding carboxylic acids is 2. The van der Waals surface area contributed by atoms with Crippen LogP contribution in [-0.2, 0) is 14.6 Å². The number of para-hydroxylation sites is 1. The highest BCUT2D eigenvalue weighted by molar-refractivity contribution is 7.90. The van der Waals surface area contributed by atoms with E-state index in [2.05, 4.69) is 15.3 Å². The van der Waals surface area contributed by atoms with Gasteiger partial charge in [-0.25, -0.2) is 13.4 Å². The van der Waals surface area contributed by atoms with E-state index in [-0.39, 0.29) is 33.9 Å². The lowest BCUT2D eigenvalue weighted by atomic mass is 10.2. The first-order valence-electron chi connectivity index (χ1n) is 9.33. The van der Waals surface area contributed by atoms with Gasteiger partial charge >= 0.3 is 0 Å². The molecule has 1 aliphatic heterocycles. The molecule has 3 N–H and O–H groups in total. The van der Waals surface area contributed by atoms with Gasteiger partial charge in [0, 0.05) is 45.1 Å². The number of hydrogen-bond acceptors (Lipinski definition) is 8. The van der Waals surface area contributed by atoms with Crippen LogP contribution in [0.1, 0.15) is 24.2 Å². The van der Waals surface area contributed by atoms with Gasteiger partial charge in [-0.2, -0.15) is 4.98 Å². The summed E-state index contributed by atoms with van der Waals surface area (Å²) in [6, 6.07) is 6.28. The number of hydrogen-bond donors (Lipinski definition) is 2. The van der Waals surface area contributed by atoms with E-state index in [1.54, 1.807) is 23.1 Å². The van der Waals surface area contributed by atoms with E-state index in [1.807, 2.05) is 11.8 Å². The van der Waals surface area contributed by atoms with Gasteiger partial charge in [0.2, 0.25) is 11.9 Å². The molecule has 30 heavy (non-hydrogen) atoms. The zero-order valence-corrected chi connectivity index (χ0v) is 17.8. The number of benzene rings is 1. The zero-order chi connectivity index (χ0) is 22.1. The van der Waals surface area contributed by atoms with Gasteiger partial charge in [-0.1, -0.05) is 12.1 Å². The molecule has 160 valence electrons. The van der Waals surface area contributed by atoms with E-state index >= 15 is 0 Å². The lowest BCUT2D eigenvalue weighted by molar-refractivity contribution is -0.129. The van der Waals surface area contributed by atoms with Crippen LogP contribution in [0.2, 0.25) is 0 Å². The van der Waals surface area contributed by atoms with Crippen molar-refractivity contribution in [3.05, 3.63) is 36.0 Å². The van der Waals surface area contributed by atoms with Crippen LogP contribution in [0.15, 0.2) is 35.4 Å². The maximum atomic E-state index is 12.1. The molecule has 10 nitrogen and oxygen atoms in total. The summed E-state index contributed by atoms with van der Waals surface area (Å²) in [6.45, 7) is 5.06. The molecule has 1 atom stereocenters. The van der Waals surface area contributed by atoms with Crippen LogP contribution in [-0.4, -0.2) is 67.0 Å². The molecule has 3 rings (SSSR count). The van der Waals surface area contributed by atoms with Crippen LogP contribution < -0.4 is 16.0 Å². The molecular weight excluding hydrogens is 408 g/mol. The minimum Gasteiger partial charge on any atom is -0.365 e. The Morgan fingerprint density at radius 2 is 1.93 bits per heavy atom. The molecule has 1 aliphatic rings. The van der Waals surface area contributed by atoms with E-state index < -0.39 is 15.7 Å². The van der Waals surface area contributed by atoms with Crippen molar-refractivity contribution >= 4 is 39.1 Å². The van der Waals surface area contributed by atoms with E-state index in [9.17, 15) is 18.0 Å². The van der Waals surface area contributed by atoms with E-state index in [4.69, 9.17) is 5.73 Å². The first-order valence-corrected chi connectivity index (χ1v) is 11.2. The van der Waals surface area contributed by atoms with Crippen molar-refractivity contribution in [1.29, 1.82) is 0 Å². The molecule has 1 saturated heterocycles. The molecule has 1 fully saturated rings. The van der Waals surface area contributed by atoms with Crippen LogP contribution in [0, 0.1) is 0 Å². The van der Waals surface area contributed by atoms with Gasteiger partial charge in [-0.3, -0.25) is 9.59 Å². The van der Waals surface area contributed by atoms with Crippen molar-refractivity contribution in [1.82, 2.24) is 14.9 Å². The summed E-state index contributed by atoms with van der Waals surface area (Å²) < 4.78 is 24.2. The number of amides is 2. The quantitative estimate of drug-likeness (QED) is 0.707. The number of rotatable bonds is 5. The normalized spacial score (nSPS) is 17.0. The minimum atomic E-state index is -3.51. The Kier molecular flexibility index (Phi) is 5.92. The topological polar surface area (TPSA) is 139 Å². The maximum absolute atomic E-state index is 12.1. The third-order valence-corrected chi connectivity index (χ3v) is 6.07. The Morgan fingerprint density at radius 3 is 2.53 bits per heavy atom. The van der Waals surface area contributed by atoms with Gasteiger partial charge in [0.05, 0.1) is 10.6 Å². The highest BCUT2D eigenvalue weighted by Crippen LogP contribution is 2.27. The Morgan fingerprint density at radius 1 is 1.23 bits per heavy atom. The van der Waals surface area contributed by atoms with Crippen LogP contribution >= 0.6 is 0 Å². The monoisotopic (exact) mass is 432 g/mol. The first kappa shape index (κ1) is 21.5. The maximum Gasteiger partial charge on any atom is 0.254 e. The summed E-state index contributed by atoms with van der Waals surface area (Å²) in [5.74, 6) is -0.263. The highest BCUT2D eigenvalue weighted by Gasteiger charge is 2.28.